The molecule has 0 N–H and O–H groups in total. The molecular formula is C15H25+. The van der Waals surface area contributed by atoms with Crippen molar-refractivity contribution in [1.29, 1.82) is 0 Å². The number of hydrogen-bond donors (Lipinski definition) is 0. The van der Waals surface area contributed by atoms with Gasteiger partial charge in [-0.1, -0.05) is 13.8 Å². The first-order valence-electron chi connectivity index (χ1n) is 6.87. The van der Waals surface area contributed by atoms with Crippen LogP contribution in [0.4, 0.5) is 0 Å². The van der Waals surface area contributed by atoms with Gasteiger partial charge in [-0.15, -0.1) is 0 Å². The molecule has 0 aromatic carbocycles. The van der Waals surface area contributed by atoms with E-state index in [9.17, 15) is 0 Å². The predicted molar refractivity (Wildman–Crippen MR) is 64.3 cm³/mol. The molecule has 0 heteroatoms. The highest BCUT2D eigenvalue weighted by Gasteiger charge is 2.63. The van der Waals surface area contributed by atoms with Crippen LogP contribution < -0.4 is 0 Å². The van der Waals surface area contributed by atoms with Crippen molar-refractivity contribution < 1.29 is 0 Å². The Morgan fingerprint density at radius 1 is 1.20 bits per heavy atom. The molecule has 15 heavy (non-hydrogen) atoms. The molecule has 4 rings (SSSR count). The Kier molecular flexibility index (Phi) is 1.98. The standard InChI is InChI=1S/C15H25/c1-9(2)14-12-5-11-6-15(4,7-12)8-13(14)10(11)3/h9-13H,5-8H2,1-4H3/q+1. The van der Waals surface area contributed by atoms with Crippen LogP contribution in [0.1, 0.15) is 53.4 Å². The Balaban J connectivity index is 1.93. The molecule has 0 aromatic heterocycles. The van der Waals surface area contributed by atoms with Crippen LogP contribution in [0.5, 0.6) is 0 Å². The molecule has 4 aliphatic rings. The predicted octanol–water partition coefficient (Wildman–Crippen LogP) is 4.31. The zero-order chi connectivity index (χ0) is 10.8. The quantitative estimate of drug-likeness (QED) is 0.560. The summed E-state index contributed by atoms with van der Waals surface area (Å²) in [5.41, 5.74) is 0.725. The zero-order valence-corrected chi connectivity index (χ0v) is 10.7. The van der Waals surface area contributed by atoms with Crippen molar-refractivity contribution in [3.05, 3.63) is 5.92 Å². The van der Waals surface area contributed by atoms with Gasteiger partial charge in [0.05, 0.1) is 11.8 Å². The Hall–Kier alpha value is -0.130. The molecule has 0 saturated heterocycles. The van der Waals surface area contributed by atoms with Crippen LogP contribution in [0.2, 0.25) is 0 Å². The van der Waals surface area contributed by atoms with E-state index in [1.165, 1.54) is 25.7 Å². The molecule has 5 unspecified atom stereocenters. The highest BCUT2D eigenvalue weighted by molar-refractivity contribution is 5.19. The minimum Gasteiger partial charge on any atom is -0.0593 e. The Labute approximate surface area is 94.8 Å². The van der Waals surface area contributed by atoms with E-state index in [0.717, 1.165) is 35.0 Å². The zero-order valence-electron chi connectivity index (χ0n) is 10.7. The van der Waals surface area contributed by atoms with Gasteiger partial charge in [0, 0.05) is 5.92 Å². The van der Waals surface area contributed by atoms with E-state index < -0.39 is 0 Å². The molecule has 4 fully saturated rings. The van der Waals surface area contributed by atoms with Gasteiger partial charge in [-0.05, 0) is 50.9 Å². The molecule has 0 aromatic rings. The first-order valence-corrected chi connectivity index (χ1v) is 6.87. The first-order chi connectivity index (χ1) is 7.00. The molecule has 0 radical (unpaired) electrons. The van der Waals surface area contributed by atoms with Gasteiger partial charge in [0.2, 0.25) is 0 Å². The fraction of sp³-hybridized carbons (Fsp3) is 0.933. The van der Waals surface area contributed by atoms with Crippen LogP contribution >= 0.6 is 0 Å². The Bertz CT molecular complexity index is 267. The minimum atomic E-state index is 0.725. The summed E-state index contributed by atoms with van der Waals surface area (Å²) >= 11 is 0. The van der Waals surface area contributed by atoms with Crippen LogP contribution in [0, 0.1) is 40.9 Å². The van der Waals surface area contributed by atoms with Crippen molar-refractivity contribution in [2.75, 3.05) is 0 Å². The molecule has 0 nitrogen and oxygen atoms in total. The molecule has 0 amide bonds. The van der Waals surface area contributed by atoms with Gasteiger partial charge in [0.15, 0.2) is 0 Å². The van der Waals surface area contributed by atoms with Gasteiger partial charge < -0.3 is 0 Å². The monoisotopic (exact) mass is 205 g/mol. The lowest BCUT2D eigenvalue weighted by molar-refractivity contribution is -0.0700. The van der Waals surface area contributed by atoms with E-state index in [1.807, 2.05) is 5.92 Å². The van der Waals surface area contributed by atoms with Gasteiger partial charge in [-0.3, -0.25) is 0 Å². The molecule has 5 atom stereocenters. The normalized spacial score (nSPS) is 53.0. The van der Waals surface area contributed by atoms with Crippen LogP contribution in [0.15, 0.2) is 0 Å². The summed E-state index contributed by atoms with van der Waals surface area (Å²) in [4.78, 5) is 0. The first kappa shape index (κ1) is 10.1. The van der Waals surface area contributed by atoms with Crippen LogP contribution in [0.25, 0.3) is 0 Å². The third kappa shape index (κ3) is 1.29. The second-order valence-electron chi connectivity index (χ2n) is 7.24. The highest BCUT2D eigenvalue weighted by atomic mass is 14.6. The van der Waals surface area contributed by atoms with Gasteiger partial charge in [0.1, 0.15) is 11.8 Å². The van der Waals surface area contributed by atoms with Gasteiger partial charge in [-0.25, -0.2) is 0 Å². The fourth-order valence-electron chi connectivity index (χ4n) is 5.33. The van der Waals surface area contributed by atoms with Crippen LogP contribution in [-0.4, -0.2) is 0 Å². The maximum atomic E-state index is 2.56. The lowest BCUT2D eigenvalue weighted by Crippen LogP contribution is -2.54. The van der Waals surface area contributed by atoms with Crippen molar-refractivity contribution in [1.82, 2.24) is 0 Å². The van der Waals surface area contributed by atoms with Crippen molar-refractivity contribution in [3.8, 4) is 0 Å². The van der Waals surface area contributed by atoms with E-state index in [1.54, 1.807) is 0 Å². The Morgan fingerprint density at radius 2 is 1.93 bits per heavy atom. The van der Waals surface area contributed by atoms with Gasteiger partial charge in [-0.2, -0.15) is 0 Å². The average Bonchev–Trinajstić information content (AvgIpc) is 2.10. The van der Waals surface area contributed by atoms with E-state index in [4.69, 9.17) is 0 Å². The highest BCUT2D eigenvalue weighted by Crippen LogP contribution is 2.66. The van der Waals surface area contributed by atoms with Gasteiger partial charge >= 0.3 is 0 Å². The second-order valence-corrected chi connectivity index (χ2v) is 7.24. The molecule has 4 aliphatic carbocycles. The van der Waals surface area contributed by atoms with Crippen molar-refractivity contribution in [2.24, 2.45) is 35.0 Å². The molecular weight excluding hydrogens is 180 g/mol. The lowest BCUT2D eigenvalue weighted by Gasteiger charge is -2.57. The van der Waals surface area contributed by atoms with E-state index >= 15 is 0 Å². The van der Waals surface area contributed by atoms with Crippen LogP contribution in [0.3, 0.4) is 0 Å². The van der Waals surface area contributed by atoms with Crippen molar-refractivity contribution in [3.63, 3.8) is 0 Å². The SMILES string of the molecule is CC(C)[C+]1C2CC3CC(C)(C2)CC1C3C. The van der Waals surface area contributed by atoms with Crippen molar-refractivity contribution in [2.45, 2.75) is 53.4 Å². The van der Waals surface area contributed by atoms with E-state index in [-0.39, 0.29) is 0 Å². The maximum Gasteiger partial charge on any atom is 0.104 e. The maximum absolute atomic E-state index is 2.56. The summed E-state index contributed by atoms with van der Waals surface area (Å²) in [5.74, 6) is 6.84. The third-order valence-corrected chi connectivity index (χ3v) is 5.74. The molecule has 84 valence electrons. The van der Waals surface area contributed by atoms with E-state index in [0.29, 0.717) is 0 Å². The number of rotatable bonds is 1. The molecule has 4 bridgehead atoms. The molecule has 4 saturated carbocycles. The van der Waals surface area contributed by atoms with Crippen LogP contribution in [-0.2, 0) is 0 Å². The summed E-state index contributed by atoms with van der Waals surface area (Å²) in [6.07, 6.45) is 6.09. The van der Waals surface area contributed by atoms with Gasteiger partial charge in [0.25, 0.3) is 0 Å². The topological polar surface area (TPSA) is 0 Å². The van der Waals surface area contributed by atoms with Crippen molar-refractivity contribution >= 4 is 0 Å². The Morgan fingerprint density at radius 3 is 2.60 bits per heavy atom. The summed E-state index contributed by atoms with van der Waals surface area (Å²) in [5, 5.41) is 0. The fourth-order valence-corrected chi connectivity index (χ4v) is 5.33. The summed E-state index contributed by atoms with van der Waals surface area (Å²) in [6, 6.07) is 0. The third-order valence-electron chi connectivity index (χ3n) is 5.74. The summed E-state index contributed by atoms with van der Waals surface area (Å²) < 4.78 is 0. The average molecular weight is 205 g/mol. The number of hydrogen-bond acceptors (Lipinski definition) is 0. The smallest absolute Gasteiger partial charge is 0.0593 e. The summed E-state index contributed by atoms with van der Waals surface area (Å²) in [7, 11) is 0. The lowest BCUT2D eigenvalue weighted by atomic mass is 9.42. The summed E-state index contributed by atoms with van der Waals surface area (Å²) in [6.45, 7) is 9.93. The molecule has 0 aliphatic heterocycles. The second kappa shape index (κ2) is 2.96. The molecule has 0 spiro atoms. The molecule has 0 heterocycles. The largest absolute Gasteiger partial charge is 0.104 e. The van der Waals surface area contributed by atoms with E-state index in [2.05, 4.69) is 27.7 Å². The minimum absolute atomic E-state index is 0.725.